The Kier molecular flexibility index (Phi) is 6.93. The molecule has 0 spiro atoms. The minimum Gasteiger partial charge on any atom is -0.491 e. The molecule has 3 atom stereocenters. The van der Waals surface area contributed by atoms with Crippen molar-refractivity contribution in [3.63, 3.8) is 0 Å². The monoisotopic (exact) mass is 540 g/mol. The molecule has 4 aromatic carbocycles. The number of hydrogen-bond acceptors (Lipinski definition) is 7. The lowest BCUT2D eigenvalue weighted by Gasteiger charge is -2.19. The highest BCUT2D eigenvalue weighted by atomic mass is 16.6. The minimum atomic E-state index is 0.149. The first kappa shape index (κ1) is 25.2. The van der Waals surface area contributed by atoms with Crippen LogP contribution >= 0.6 is 0 Å². The molecule has 3 heterocycles. The fraction of sp³-hybridized carbons (Fsp3) is 0.333. The average Bonchev–Trinajstić information content (AvgIpc) is 3.82. The van der Waals surface area contributed by atoms with Gasteiger partial charge in [-0.05, 0) is 57.9 Å². The summed E-state index contributed by atoms with van der Waals surface area (Å²) in [6, 6.07) is 20.7. The van der Waals surface area contributed by atoms with Crippen LogP contribution in [0.2, 0.25) is 0 Å². The van der Waals surface area contributed by atoms with Gasteiger partial charge in [-0.1, -0.05) is 36.9 Å². The van der Waals surface area contributed by atoms with E-state index in [1.54, 1.807) is 6.08 Å². The highest BCUT2D eigenvalue weighted by molar-refractivity contribution is 5.93. The number of ether oxygens (including phenoxy) is 7. The van der Waals surface area contributed by atoms with E-state index in [0.717, 1.165) is 75.5 Å². The van der Waals surface area contributed by atoms with Gasteiger partial charge in [0, 0.05) is 17.5 Å². The van der Waals surface area contributed by atoms with Crippen molar-refractivity contribution in [2.45, 2.75) is 24.7 Å². The topological polar surface area (TPSA) is 74.5 Å². The molecular weight excluding hydrogens is 508 g/mol. The lowest BCUT2D eigenvalue weighted by molar-refractivity contribution is 0.259. The van der Waals surface area contributed by atoms with Crippen LogP contribution in [-0.4, -0.2) is 64.6 Å². The molecule has 206 valence electrons. The summed E-state index contributed by atoms with van der Waals surface area (Å²) in [6.45, 7) is 8.04. The quantitative estimate of drug-likeness (QED) is 0.155. The number of benzene rings is 4. The molecule has 3 aliphatic heterocycles. The van der Waals surface area contributed by atoms with Crippen molar-refractivity contribution in [3.05, 3.63) is 84.4 Å². The lowest BCUT2D eigenvalue weighted by Crippen LogP contribution is -2.09. The Labute approximate surface area is 233 Å². The Balaban J connectivity index is 1.32. The minimum absolute atomic E-state index is 0.149. The third-order valence-corrected chi connectivity index (χ3v) is 7.34. The van der Waals surface area contributed by atoms with E-state index in [0.29, 0.717) is 32.8 Å². The normalized spacial score (nSPS) is 20.8. The third-order valence-electron chi connectivity index (χ3n) is 7.34. The zero-order valence-corrected chi connectivity index (χ0v) is 22.3. The summed E-state index contributed by atoms with van der Waals surface area (Å²) in [5.41, 5.74) is 2.14. The molecule has 7 heteroatoms. The first-order valence-corrected chi connectivity index (χ1v) is 13.8. The smallest absolute Gasteiger partial charge is 0.123 e. The van der Waals surface area contributed by atoms with Crippen molar-refractivity contribution in [2.24, 2.45) is 0 Å². The lowest BCUT2D eigenvalue weighted by atomic mass is 9.93. The Morgan fingerprint density at radius 2 is 1.07 bits per heavy atom. The summed E-state index contributed by atoms with van der Waals surface area (Å²) < 4.78 is 40.8. The van der Waals surface area contributed by atoms with Crippen LogP contribution in [0.3, 0.4) is 0 Å². The van der Waals surface area contributed by atoms with Crippen LogP contribution in [0.25, 0.3) is 21.5 Å². The molecule has 7 nitrogen and oxygen atoms in total. The second-order valence-electron chi connectivity index (χ2n) is 10.4. The predicted molar refractivity (Wildman–Crippen MR) is 152 cm³/mol. The molecule has 0 aliphatic carbocycles. The summed E-state index contributed by atoms with van der Waals surface area (Å²) >= 11 is 0. The molecule has 4 aromatic rings. The number of fused-ring (bicyclic) bond motifs is 2. The molecule has 3 unspecified atom stereocenters. The van der Waals surface area contributed by atoms with E-state index < -0.39 is 0 Å². The Bertz CT molecular complexity index is 1530. The van der Waals surface area contributed by atoms with Gasteiger partial charge < -0.3 is 33.2 Å². The van der Waals surface area contributed by atoms with E-state index >= 15 is 0 Å². The number of rotatable bonds is 14. The van der Waals surface area contributed by atoms with Crippen LogP contribution in [0.15, 0.2) is 73.3 Å². The first-order chi connectivity index (χ1) is 19.7. The molecule has 0 saturated carbocycles. The fourth-order valence-electron chi connectivity index (χ4n) is 4.88. The number of hydrogen-bond donors (Lipinski definition) is 0. The molecule has 0 bridgehead atoms. The summed E-state index contributed by atoms with van der Waals surface area (Å²) in [5, 5.41) is 4.38. The predicted octanol–water partition coefficient (Wildman–Crippen LogP) is 5.48. The molecular formula is C33H32O7. The highest BCUT2D eigenvalue weighted by Crippen LogP contribution is 2.39. The van der Waals surface area contributed by atoms with Crippen LogP contribution in [-0.2, 0) is 20.6 Å². The van der Waals surface area contributed by atoms with Gasteiger partial charge in [0.2, 0.25) is 0 Å². The summed E-state index contributed by atoms with van der Waals surface area (Å²) in [4.78, 5) is 0. The SMILES string of the molecule is C=CCOc1ccc2ccc(OCC3CO3)c(Cc3c(OCC4CO4)ccc4ccc(OCC5CO5)cc34)c2c1. The second kappa shape index (κ2) is 11.0. The van der Waals surface area contributed by atoms with Gasteiger partial charge >= 0.3 is 0 Å². The van der Waals surface area contributed by atoms with Crippen LogP contribution < -0.4 is 18.9 Å². The Hall–Kier alpha value is -3.78. The van der Waals surface area contributed by atoms with Crippen LogP contribution in [0.5, 0.6) is 23.0 Å². The molecule has 0 amide bonds. The summed E-state index contributed by atoms with van der Waals surface area (Å²) in [6.07, 6.45) is 2.83. The second-order valence-corrected chi connectivity index (χ2v) is 10.4. The van der Waals surface area contributed by atoms with E-state index in [-0.39, 0.29) is 18.3 Å². The standard InChI is InChI=1S/C33H32O7/c1-2-11-34-23-7-3-21-5-9-32(39-19-26-17-37-26)30(28(21)12-23)14-31-29-13-24(35-15-25-16-36-25)8-4-22(29)6-10-33(31)40-20-27-18-38-27/h2-10,12-13,25-27H,1,11,14-20H2. The largest absolute Gasteiger partial charge is 0.491 e. The molecule has 7 rings (SSSR count). The summed E-state index contributed by atoms with van der Waals surface area (Å²) in [5.74, 6) is 3.26. The van der Waals surface area contributed by atoms with Crippen LogP contribution in [0, 0.1) is 0 Å². The van der Waals surface area contributed by atoms with Crippen LogP contribution in [0.1, 0.15) is 11.1 Å². The van der Waals surface area contributed by atoms with Crippen molar-refractivity contribution in [1.82, 2.24) is 0 Å². The van der Waals surface area contributed by atoms with Gasteiger partial charge in [0.1, 0.15) is 67.7 Å². The van der Waals surface area contributed by atoms with E-state index in [4.69, 9.17) is 33.2 Å². The molecule has 3 saturated heterocycles. The maximum atomic E-state index is 6.34. The first-order valence-electron chi connectivity index (χ1n) is 13.8. The summed E-state index contributed by atoms with van der Waals surface area (Å²) in [7, 11) is 0. The van der Waals surface area contributed by atoms with Crippen molar-refractivity contribution < 1.29 is 33.2 Å². The zero-order chi connectivity index (χ0) is 26.9. The van der Waals surface area contributed by atoms with Gasteiger partial charge in [0.25, 0.3) is 0 Å². The Morgan fingerprint density at radius 3 is 1.55 bits per heavy atom. The number of epoxide rings is 3. The third kappa shape index (κ3) is 5.87. The maximum Gasteiger partial charge on any atom is 0.123 e. The van der Waals surface area contributed by atoms with Gasteiger partial charge in [0.05, 0.1) is 19.8 Å². The van der Waals surface area contributed by atoms with E-state index in [1.165, 1.54) is 0 Å². The van der Waals surface area contributed by atoms with Crippen molar-refractivity contribution in [1.29, 1.82) is 0 Å². The Morgan fingerprint density at radius 1 is 0.625 bits per heavy atom. The van der Waals surface area contributed by atoms with Gasteiger partial charge in [-0.2, -0.15) is 0 Å². The van der Waals surface area contributed by atoms with E-state index in [1.807, 2.05) is 12.1 Å². The molecule has 3 fully saturated rings. The van der Waals surface area contributed by atoms with Crippen LogP contribution in [0.4, 0.5) is 0 Å². The maximum absolute atomic E-state index is 6.34. The van der Waals surface area contributed by atoms with Crippen molar-refractivity contribution in [3.8, 4) is 23.0 Å². The van der Waals surface area contributed by atoms with Gasteiger partial charge in [-0.3, -0.25) is 0 Å². The highest BCUT2D eigenvalue weighted by Gasteiger charge is 2.26. The van der Waals surface area contributed by atoms with Crippen molar-refractivity contribution in [2.75, 3.05) is 46.2 Å². The van der Waals surface area contributed by atoms with Crippen molar-refractivity contribution >= 4 is 21.5 Å². The molecule has 3 aliphatic rings. The molecule has 0 aromatic heterocycles. The molecule has 40 heavy (non-hydrogen) atoms. The van der Waals surface area contributed by atoms with Gasteiger partial charge in [-0.15, -0.1) is 0 Å². The zero-order valence-electron chi connectivity index (χ0n) is 22.3. The van der Waals surface area contributed by atoms with Gasteiger partial charge in [0.15, 0.2) is 0 Å². The van der Waals surface area contributed by atoms with E-state index in [9.17, 15) is 0 Å². The van der Waals surface area contributed by atoms with Gasteiger partial charge in [-0.25, -0.2) is 0 Å². The van der Waals surface area contributed by atoms with E-state index in [2.05, 4.69) is 55.1 Å². The average molecular weight is 541 g/mol. The molecule has 0 radical (unpaired) electrons. The fourth-order valence-corrected chi connectivity index (χ4v) is 4.88. The molecule has 0 N–H and O–H groups in total.